The van der Waals surface area contributed by atoms with Gasteiger partial charge in [-0.25, -0.2) is 0 Å². The molecule has 0 bridgehead atoms. The summed E-state index contributed by atoms with van der Waals surface area (Å²) < 4.78 is 6.51. The number of rotatable bonds is 6. The van der Waals surface area contributed by atoms with Gasteiger partial charge in [0.15, 0.2) is 0 Å². The molecule has 29 heavy (non-hydrogen) atoms. The number of allylic oxidation sites excluding steroid dienone is 4. The maximum absolute atomic E-state index is 6.65. The van der Waals surface area contributed by atoms with E-state index in [1.54, 1.807) is 0 Å². The summed E-state index contributed by atoms with van der Waals surface area (Å²) in [4.78, 5) is 0. The van der Waals surface area contributed by atoms with Crippen LogP contribution in [0.15, 0.2) is 65.6 Å². The Hall–Kier alpha value is 1.30. The van der Waals surface area contributed by atoms with Crippen molar-refractivity contribution in [2.24, 2.45) is 0 Å². The molecule has 4 atom stereocenters. The third-order valence-electron chi connectivity index (χ3n) is 4.46. The Labute approximate surface area is 219 Å². The molecule has 2 aliphatic rings. The van der Waals surface area contributed by atoms with E-state index in [1.165, 1.54) is 12.2 Å². The highest BCUT2D eigenvalue weighted by Gasteiger charge is 2.57. The van der Waals surface area contributed by atoms with Crippen molar-refractivity contribution in [1.29, 1.82) is 0 Å². The Balaban J connectivity index is 2.79. The van der Waals surface area contributed by atoms with E-state index in [4.69, 9.17) is 121 Å². The van der Waals surface area contributed by atoms with E-state index in [0.717, 1.165) is 0 Å². The van der Waals surface area contributed by atoms with E-state index in [2.05, 4.69) is 13.2 Å². The summed E-state index contributed by atoms with van der Waals surface area (Å²) in [7, 11) is 0. The summed E-state index contributed by atoms with van der Waals surface area (Å²) in [5, 5.41) is -2.10. The molecule has 0 aromatic heterocycles. The van der Waals surface area contributed by atoms with Gasteiger partial charge in [-0.1, -0.05) is 105 Å². The van der Waals surface area contributed by atoms with Gasteiger partial charge in [0.05, 0.1) is 40.3 Å². The molecular formula is C18H12Cl10O. The number of alkyl halides is 2. The Kier molecular flexibility index (Phi) is 9.21. The van der Waals surface area contributed by atoms with E-state index in [0.29, 0.717) is 0 Å². The van der Waals surface area contributed by atoms with Crippen molar-refractivity contribution < 1.29 is 4.74 Å². The zero-order chi connectivity index (χ0) is 22.3. The van der Waals surface area contributed by atoms with Gasteiger partial charge >= 0.3 is 0 Å². The van der Waals surface area contributed by atoms with Crippen LogP contribution in [-0.4, -0.2) is 22.0 Å². The van der Waals surface area contributed by atoms with Crippen molar-refractivity contribution >= 4 is 116 Å². The molecule has 0 saturated carbocycles. The average molecular weight is 599 g/mol. The van der Waals surface area contributed by atoms with Crippen molar-refractivity contribution in [3.8, 4) is 0 Å². The molecule has 0 saturated heterocycles. The van der Waals surface area contributed by atoms with Gasteiger partial charge in [0, 0.05) is 12.8 Å². The second kappa shape index (κ2) is 10.1. The fraction of sp³-hybridized carbons (Fsp3) is 0.333. The van der Waals surface area contributed by atoms with Gasteiger partial charge in [-0.3, -0.25) is 0 Å². The first-order chi connectivity index (χ1) is 13.4. The first-order valence-corrected chi connectivity index (χ1v) is 11.7. The first-order valence-electron chi connectivity index (χ1n) is 7.85. The van der Waals surface area contributed by atoms with Crippen LogP contribution in [0.3, 0.4) is 0 Å². The van der Waals surface area contributed by atoms with Crippen molar-refractivity contribution in [3.63, 3.8) is 0 Å². The van der Waals surface area contributed by atoms with E-state index in [9.17, 15) is 0 Å². The van der Waals surface area contributed by atoms with Crippen LogP contribution < -0.4 is 0 Å². The fourth-order valence-corrected chi connectivity index (χ4v) is 6.28. The summed E-state index contributed by atoms with van der Waals surface area (Å²) in [5.74, 6) is 0. The molecule has 0 aromatic carbocycles. The quantitative estimate of drug-likeness (QED) is 0.219. The highest BCUT2D eigenvalue weighted by Crippen LogP contribution is 2.57. The van der Waals surface area contributed by atoms with Crippen LogP contribution in [0.25, 0.3) is 0 Å². The van der Waals surface area contributed by atoms with E-state index >= 15 is 0 Å². The number of halogens is 10. The second-order valence-corrected chi connectivity index (χ2v) is 10.1. The molecule has 0 aromatic rings. The third kappa shape index (κ3) is 4.30. The molecule has 160 valence electrons. The minimum Gasteiger partial charge on any atom is -0.353 e. The molecule has 0 radical (unpaired) electrons. The van der Waals surface area contributed by atoms with Crippen LogP contribution in [0, 0.1) is 0 Å². The van der Waals surface area contributed by atoms with Gasteiger partial charge in [0.25, 0.3) is 0 Å². The molecular weight excluding hydrogens is 587 g/mol. The summed E-state index contributed by atoms with van der Waals surface area (Å²) in [6, 6.07) is 0. The van der Waals surface area contributed by atoms with Gasteiger partial charge in [0.2, 0.25) is 0 Å². The highest BCUT2D eigenvalue weighted by atomic mass is 35.5. The van der Waals surface area contributed by atoms with Crippen molar-refractivity contribution in [3.05, 3.63) is 65.6 Å². The fourth-order valence-electron chi connectivity index (χ4n) is 3.04. The maximum Gasteiger partial charge on any atom is 0.131 e. The number of ether oxygens (including phenoxy) is 1. The summed E-state index contributed by atoms with van der Waals surface area (Å²) >= 11 is 64.1. The SMILES string of the molecule is C=CCC1(OC2(CC=C)C(Cl)=C(Cl)C(Cl)=C(Cl)C2Cl)C(Cl)=C(Cl)C(Cl)=C(Cl)C1Cl. The zero-order valence-electron chi connectivity index (χ0n) is 14.3. The lowest BCUT2D eigenvalue weighted by molar-refractivity contribution is -0.106. The Morgan fingerprint density at radius 1 is 0.655 bits per heavy atom. The van der Waals surface area contributed by atoms with Crippen LogP contribution in [-0.2, 0) is 4.74 Å². The molecule has 1 nitrogen and oxygen atoms in total. The molecule has 0 amide bonds. The minimum atomic E-state index is -1.54. The van der Waals surface area contributed by atoms with Crippen LogP contribution in [0.1, 0.15) is 12.8 Å². The van der Waals surface area contributed by atoms with Crippen LogP contribution in [0.2, 0.25) is 0 Å². The van der Waals surface area contributed by atoms with E-state index in [-0.39, 0.29) is 53.1 Å². The van der Waals surface area contributed by atoms with Gasteiger partial charge in [0.1, 0.15) is 22.0 Å². The second-order valence-electron chi connectivity index (χ2n) is 6.17. The predicted octanol–water partition coefficient (Wildman–Crippen LogP) is 9.63. The normalized spacial score (nSPS) is 33.6. The standard InChI is InChI=1S/C18H12Cl10O/c1-3-5-17(13(25)9(21)7(19)10(22)14(17)26)29-18(6-4-2)15(27)11(23)8(20)12(24)16(18)28/h3-4,13,15H,1-2,5-6H2. The largest absolute Gasteiger partial charge is 0.353 e. The first kappa shape index (κ1) is 26.6. The molecule has 2 rings (SSSR count). The topological polar surface area (TPSA) is 9.23 Å². The van der Waals surface area contributed by atoms with Crippen LogP contribution >= 0.6 is 116 Å². The minimum absolute atomic E-state index is 0.00173. The van der Waals surface area contributed by atoms with E-state index in [1.807, 2.05) is 0 Å². The highest BCUT2D eigenvalue weighted by molar-refractivity contribution is 6.55. The Morgan fingerprint density at radius 3 is 1.24 bits per heavy atom. The van der Waals surface area contributed by atoms with Gasteiger partial charge in [-0.05, 0) is 0 Å². The molecule has 2 aliphatic carbocycles. The lowest BCUT2D eigenvalue weighted by atomic mass is 9.84. The van der Waals surface area contributed by atoms with Crippen molar-refractivity contribution in [1.82, 2.24) is 0 Å². The van der Waals surface area contributed by atoms with E-state index < -0.39 is 22.0 Å². The number of hydrogen-bond acceptors (Lipinski definition) is 1. The summed E-state index contributed by atoms with van der Waals surface area (Å²) in [6.07, 6.45) is 3.22. The van der Waals surface area contributed by atoms with Crippen molar-refractivity contribution in [2.45, 2.75) is 34.8 Å². The molecule has 11 heteroatoms. The maximum atomic E-state index is 6.65. The summed E-state index contributed by atoms with van der Waals surface area (Å²) in [6.45, 7) is 7.49. The third-order valence-corrected chi connectivity index (χ3v) is 9.77. The van der Waals surface area contributed by atoms with Gasteiger partial charge in [-0.15, -0.1) is 36.4 Å². The number of hydrogen-bond donors (Lipinski definition) is 0. The predicted molar refractivity (Wildman–Crippen MR) is 130 cm³/mol. The smallest absolute Gasteiger partial charge is 0.131 e. The molecule has 0 fully saturated rings. The Bertz CT molecular complexity index is 800. The lowest BCUT2D eigenvalue weighted by Gasteiger charge is -2.49. The van der Waals surface area contributed by atoms with Crippen molar-refractivity contribution in [2.75, 3.05) is 0 Å². The molecule has 0 aliphatic heterocycles. The Morgan fingerprint density at radius 2 is 0.966 bits per heavy atom. The van der Waals surface area contributed by atoms with Gasteiger partial charge in [-0.2, -0.15) is 0 Å². The molecule has 0 spiro atoms. The van der Waals surface area contributed by atoms with Gasteiger partial charge < -0.3 is 4.74 Å². The van der Waals surface area contributed by atoms with Crippen LogP contribution in [0.4, 0.5) is 0 Å². The molecule has 0 heterocycles. The molecule has 4 unspecified atom stereocenters. The lowest BCUT2D eigenvalue weighted by Crippen LogP contribution is -2.56. The average Bonchev–Trinajstić information content (AvgIpc) is 2.71. The zero-order valence-corrected chi connectivity index (χ0v) is 21.9. The molecule has 0 N–H and O–H groups in total. The summed E-state index contributed by atoms with van der Waals surface area (Å²) in [5.41, 5.74) is -3.07. The monoisotopic (exact) mass is 594 g/mol. The van der Waals surface area contributed by atoms with Crippen LogP contribution in [0.5, 0.6) is 0 Å².